The highest BCUT2D eigenvalue weighted by Gasteiger charge is 2.37. The maximum absolute atomic E-state index is 13.1. The third-order valence-electron chi connectivity index (χ3n) is 4.44. The van der Waals surface area contributed by atoms with Crippen molar-refractivity contribution in [2.45, 2.75) is 23.4 Å². The number of anilines is 1. The Kier molecular flexibility index (Phi) is 5.15. The monoisotopic (exact) mass is 415 g/mol. The molecule has 0 saturated heterocycles. The Balaban J connectivity index is 1.62. The predicted octanol–water partition coefficient (Wildman–Crippen LogP) is 3.65. The van der Waals surface area contributed by atoms with E-state index in [-0.39, 0.29) is 11.9 Å². The molecule has 2 N–H and O–H groups in total. The molecule has 0 unspecified atom stereocenters. The first-order valence-corrected chi connectivity index (χ1v) is 9.86. The Morgan fingerprint density at radius 2 is 1.89 bits per heavy atom. The van der Waals surface area contributed by atoms with Crippen LogP contribution in [-0.2, 0) is 4.79 Å². The number of methoxy groups -OCH3 is 1. The number of rotatable bonds is 4. The zero-order valence-electron chi connectivity index (χ0n) is 15.2. The smallest absolute Gasteiger partial charge is 0.240 e. The third kappa shape index (κ3) is 3.65. The lowest BCUT2D eigenvalue weighted by atomic mass is 10.0. The van der Waals surface area contributed by atoms with Crippen LogP contribution in [0.15, 0.2) is 53.7 Å². The second-order valence-corrected chi connectivity index (χ2v) is 7.82. The van der Waals surface area contributed by atoms with E-state index in [1.54, 1.807) is 23.9 Å². The summed E-state index contributed by atoms with van der Waals surface area (Å²) in [4.78, 5) is 13.1. The molecule has 1 aliphatic rings. The van der Waals surface area contributed by atoms with Crippen molar-refractivity contribution in [2.24, 2.45) is 0 Å². The zero-order valence-corrected chi connectivity index (χ0v) is 16.8. The Morgan fingerprint density at radius 3 is 2.57 bits per heavy atom. The lowest BCUT2D eigenvalue weighted by Crippen LogP contribution is -2.41. The highest BCUT2D eigenvalue weighted by molar-refractivity contribution is 8.00. The Bertz CT molecular complexity index is 991. The van der Waals surface area contributed by atoms with Crippen LogP contribution < -0.4 is 15.5 Å². The molecule has 0 fully saturated rings. The molecule has 2 heterocycles. The molecule has 0 radical (unpaired) electrons. The molecule has 3 aromatic rings. The zero-order chi connectivity index (χ0) is 19.7. The first-order chi connectivity index (χ1) is 13.5. The molecule has 0 saturated carbocycles. The number of ether oxygens (including phenoxy) is 1. The lowest BCUT2D eigenvalue weighted by molar-refractivity contribution is -0.116. The van der Waals surface area contributed by atoms with E-state index in [1.165, 1.54) is 11.8 Å². The van der Waals surface area contributed by atoms with Crippen molar-refractivity contribution < 1.29 is 9.53 Å². The number of aromatic nitrogens is 3. The number of aryl methyl sites for hydroxylation is 1. The molecule has 1 amide bonds. The van der Waals surface area contributed by atoms with Crippen molar-refractivity contribution in [1.82, 2.24) is 14.9 Å². The summed E-state index contributed by atoms with van der Waals surface area (Å²) >= 11 is 7.41. The number of nitrogens with one attached hydrogen (secondary N) is 2. The standard InChI is InChI=1S/C19H18ClN5O2S/c1-11-22-23-19-25(11)24-16(12-3-5-13(20)6-4-12)17(28-19)18(26)21-14-7-9-15(27-2)10-8-14/h3-10,16-17,24H,1-2H3,(H,21,26)/t16-,17-/m0/s1. The van der Waals surface area contributed by atoms with E-state index in [9.17, 15) is 4.79 Å². The molecule has 144 valence electrons. The van der Waals surface area contributed by atoms with E-state index in [2.05, 4.69) is 20.9 Å². The number of hydrogen-bond acceptors (Lipinski definition) is 6. The molecule has 0 aliphatic carbocycles. The van der Waals surface area contributed by atoms with Crippen LogP contribution in [0.25, 0.3) is 0 Å². The number of amides is 1. The largest absolute Gasteiger partial charge is 0.497 e. The van der Waals surface area contributed by atoms with Crippen molar-refractivity contribution in [3.63, 3.8) is 0 Å². The van der Waals surface area contributed by atoms with E-state index in [1.807, 2.05) is 43.3 Å². The van der Waals surface area contributed by atoms with Gasteiger partial charge in [-0.15, -0.1) is 10.2 Å². The summed E-state index contributed by atoms with van der Waals surface area (Å²) in [6.45, 7) is 1.86. The highest BCUT2D eigenvalue weighted by atomic mass is 35.5. The summed E-state index contributed by atoms with van der Waals surface area (Å²) in [6.07, 6.45) is 0. The van der Waals surface area contributed by atoms with Crippen molar-refractivity contribution in [3.8, 4) is 5.75 Å². The molecular weight excluding hydrogens is 398 g/mol. The second kappa shape index (κ2) is 7.73. The number of carbonyl (C=O) groups is 1. The molecular formula is C19H18ClN5O2S. The van der Waals surface area contributed by atoms with Crippen LogP contribution in [0.3, 0.4) is 0 Å². The van der Waals surface area contributed by atoms with Crippen LogP contribution in [0.2, 0.25) is 5.02 Å². The Hall–Kier alpha value is -2.71. The summed E-state index contributed by atoms with van der Waals surface area (Å²) in [5.74, 6) is 1.33. The van der Waals surface area contributed by atoms with E-state index in [0.717, 1.165) is 17.1 Å². The minimum Gasteiger partial charge on any atom is -0.497 e. The summed E-state index contributed by atoms with van der Waals surface area (Å²) in [5.41, 5.74) is 5.01. The first-order valence-electron chi connectivity index (χ1n) is 8.61. The van der Waals surface area contributed by atoms with Crippen LogP contribution in [0.5, 0.6) is 5.75 Å². The van der Waals surface area contributed by atoms with Crippen molar-refractivity contribution in [3.05, 3.63) is 64.9 Å². The van der Waals surface area contributed by atoms with Gasteiger partial charge in [0.2, 0.25) is 11.1 Å². The number of benzene rings is 2. The van der Waals surface area contributed by atoms with Gasteiger partial charge >= 0.3 is 0 Å². The molecule has 0 spiro atoms. The maximum Gasteiger partial charge on any atom is 0.240 e. The van der Waals surface area contributed by atoms with Crippen LogP contribution in [0.1, 0.15) is 17.4 Å². The molecule has 1 aliphatic heterocycles. The molecule has 7 nitrogen and oxygen atoms in total. The fourth-order valence-corrected chi connectivity index (χ4v) is 4.22. The molecule has 2 atom stereocenters. The van der Waals surface area contributed by atoms with Gasteiger partial charge in [-0.2, -0.15) is 0 Å². The van der Waals surface area contributed by atoms with Crippen LogP contribution >= 0.6 is 23.4 Å². The number of hydrogen-bond donors (Lipinski definition) is 2. The van der Waals surface area contributed by atoms with Gasteiger partial charge in [0.05, 0.1) is 13.2 Å². The number of carbonyl (C=O) groups excluding carboxylic acids is 1. The summed E-state index contributed by atoms with van der Waals surface area (Å²) in [5, 5.41) is 12.1. The lowest BCUT2D eigenvalue weighted by Gasteiger charge is -2.32. The van der Waals surface area contributed by atoms with E-state index in [0.29, 0.717) is 15.9 Å². The van der Waals surface area contributed by atoms with Gasteiger partial charge in [0.1, 0.15) is 16.8 Å². The molecule has 0 bridgehead atoms. The Labute approximate surface area is 171 Å². The average Bonchev–Trinajstić information content (AvgIpc) is 3.08. The fourth-order valence-electron chi connectivity index (χ4n) is 2.97. The van der Waals surface area contributed by atoms with Gasteiger partial charge in [-0.05, 0) is 48.9 Å². The number of nitrogens with zero attached hydrogens (tertiary/aromatic N) is 3. The van der Waals surface area contributed by atoms with Gasteiger partial charge in [0.15, 0.2) is 0 Å². The minimum absolute atomic E-state index is 0.130. The van der Waals surface area contributed by atoms with Crippen molar-refractivity contribution in [1.29, 1.82) is 0 Å². The van der Waals surface area contributed by atoms with Gasteiger partial charge in [-0.1, -0.05) is 35.5 Å². The third-order valence-corrected chi connectivity index (χ3v) is 5.91. The van der Waals surface area contributed by atoms with Crippen LogP contribution in [0.4, 0.5) is 5.69 Å². The molecule has 9 heteroatoms. The number of fused-ring (bicyclic) bond motifs is 1. The van der Waals surface area contributed by atoms with E-state index in [4.69, 9.17) is 16.3 Å². The SMILES string of the molecule is COc1ccc(NC(=O)[C@H]2Sc3nnc(C)n3N[C@H]2c2ccc(Cl)cc2)cc1. The van der Waals surface area contributed by atoms with Gasteiger partial charge in [-0.25, -0.2) is 4.68 Å². The molecule has 28 heavy (non-hydrogen) atoms. The normalized spacial score (nSPS) is 18.1. The number of thioether (sulfide) groups is 1. The van der Waals surface area contributed by atoms with Gasteiger partial charge in [0.25, 0.3) is 0 Å². The molecule has 4 rings (SSSR count). The average molecular weight is 416 g/mol. The van der Waals surface area contributed by atoms with Gasteiger partial charge in [0, 0.05) is 10.7 Å². The molecule has 2 aromatic carbocycles. The summed E-state index contributed by atoms with van der Waals surface area (Å²) in [7, 11) is 1.60. The van der Waals surface area contributed by atoms with Crippen LogP contribution in [-0.4, -0.2) is 33.1 Å². The predicted molar refractivity (Wildman–Crippen MR) is 110 cm³/mol. The minimum atomic E-state index is -0.445. The van der Waals surface area contributed by atoms with Gasteiger partial charge < -0.3 is 15.5 Å². The summed E-state index contributed by atoms with van der Waals surface area (Å²) in [6, 6.07) is 14.4. The Morgan fingerprint density at radius 1 is 1.18 bits per heavy atom. The van der Waals surface area contributed by atoms with Gasteiger partial charge in [-0.3, -0.25) is 4.79 Å². The molecule has 1 aromatic heterocycles. The highest BCUT2D eigenvalue weighted by Crippen LogP contribution is 2.37. The number of halogens is 1. The summed E-state index contributed by atoms with van der Waals surface area (Å²) < 4.78 is 6.97. The van der Waals surface area contributed by atoms with Crippen LogP contribution in [0, 0.1) is 6.92 Å². The topological polar surface area (TPSA) is 81.1 Å². The first kappa shape index (κ1) is 18.6. The second-order valence-electron chi connectivity index (χ2n) is 6.28. The van der Waals surface area contributed by atoms with E-state index < -0.39 is 5.25 Å². The maximum atomic E-state index is 13.1. The van der Waals surface area contributed by atoms with Crippen molar-refractivity contribution in [2.75, 3.05) is 17.9 Å². The fraction of sp³-hybridized carbons (Fsp3) is 0.211. The van der Waals surface area contributed by atoms with E-state index >= 15 is 0 Å². The quantitative estimate of drug-likeness (QED) is 0.677. The van der Waals surface area contributed by atoms with Crippen molar-refractivity contribution >= 4 is 35.0 Å².